The van der Waals surface area contributed by atoms with E-state index in [1.165, 1.54) is 6.07 Å². The number of H-pyrrole nitrogens is 1. The van der Waals surface area contributed by atoms with Crippen LogP contribution in [0.15, 0.2) is 36.5 Å². The number of carbonyl (C=O) groups excluding carboxylic acids is 1. The van der Waals surface area contributed by atoms with E-state index in [1.54, 1.807) is 19.2 Å². The molecule has 2 aromatic carbocycles. The number of aromatic nitrogens is 3. The van der Waals surface area contributed by atoms with Gasteiger partial charge in [-0.15, -0.1) is 0 Å². The summed E-state index contributed by atoms with van der Waals surface area (Å²) in [6.07, 6.45) is 3.63. The van der Waals surface area contributed by atoms with Crippen LogP contribution in [-0.2, 0) is 16.1 Å². The van der Waals surface area contributed by atoms with E-state index < -0.39 is 0 Å². The topological polar surface area (TPSA) is 59.9 Å². The fourth-order valence-corrected chi connectivity index (χ4v) is 4.19. The van der Waals surface area contributed by atoms with Crippen molar-refractivity contribution in [3.05, 3.63) is 59.2 Å². The lowest BCUT2D eigenvalue weighted by Gasteiger charge is -2.16. The highest BCUT2D eigenvalue weighted by Gasteiger charge is 2.32. The fourth-order valence-electron chi connectivity index (χ4n) is 4.19. The zero-order valence-electron chi connectivity index (χ0n) is 17.3. The molecule has 1 fully saturated rings. The summed E-state index contributed by atoms with van der Waals surface area (Å²) in [5.74, 6) is -0.114. The molecule has 0 amide bonds. The minimum atomic E-state index is -0.225. The van der Waals surface area contributed by atoms with Crippen molar-refractivity contribution in [1.29, 1.82) is 0 Å². The Morgan fingerprint density at radius 1 is 1.30 bits per heavy atom. The summed E-state index contributed by atoms with van der Waals surface area (Å²) >= 11 is 0. The molecule has 0 spiro atoms. The number of hydrogen-bond acceptors (Lipinski definition) is 3. The Labute approximate surface area is 173 Å². The molecule has 1 N–H and O–H groups in total. The van der Waals surface area contributed by atoms with E-state index in [4.69, 9.17) is 4.74 Å². The first kappa shape index (κ1) is 18.9. The molecule has 5 rings (SSSR count). The zero-order chi connectivity index (χ0) is 21.0. The van der Waals surface area contributed by atoms with E-state index in [0.717, 1.165) is 51.6 Å². The van der Waals surface area contributed by atoms with Gasteiger partial charge in [0, 0.05) is 27.7 Å². The third kappa shape index (κ3) is 3.07. The number of esters is 1. The minimum absolute atomic E-state index is 0.0555. The molecule has 0 saturated heterocycles. The van der Waals surface area contributed by atoms with Gasteiger partial charge in [-0.05, 0) is 61.6 Å². The molecular weight excluding hydrogens is 381 g/mol. The van der Waals surface area contributed by atoms with E-state index in [0.29, 0.717) is 5.56 Å². The standard InChI is InChI=1S/C24H24FN3O2/c1-13(2)23-19(12-30-24(29)15-4-5-15)18-10-21-16(11-26-27-21)9-22(18)28(23)17-6-7-20(25)14(3)8-17/h6-11,13,15H,4-5,12H2,1-3H3,(H,26,27). The molecule has 2 aromatic heterocycles. The Balaban J connectivity index is 1.76. The first-order valence-electron chi connectivity index (χ1n) is 10.4. The van der Waals surface area contributed by atoms with Gasteiger partial charge >= 0.3 is 5.97 Å². The highest BCUT2D eigenvalue weighted by atomic mass is 19.1. The molecule has 0 aliphatic heterocycles. The number of aryl methyl sites for hydroxylation is 1. The van der Waals surface area contributed by atoms with Crippen molar-refractivity contribution in [3.63, 3.8) is 0 Å². The molecule has 1 aliphatic carbocycles. The number of hydrogen-bond donors (Lipinski definition) is 1. The van der Waals surface area contributed by atoms with Crippen molar-refractivity contribution in [2.45, 2.75) is 46.1 Å². The SMILES string of the molecule is Cc1cc(-n2c(C(C)C)c(COC(=O)C3CC3)c3cc4[nH]ncc4cc32)ccc1F. The molecule has 0 unspecified atom stereocenters. The number of rotatable bonds is 5. The molecule has 0 radical (unpaired) electrons. The Bertz CT molecular complexity index is 1280. The number of ether oxygens (including phenoxy) is 1. The molecule has 6 heteroatoms. The van der Waals surface area contributed by atoms with Crippen LogP contribution in [0.4, 0.5) is 4.39 Å². The lowest BCUT2D eigenvalue weighted by molar-refractivity contribution is -0.146. The number of fused-ring (bicyclic) bond motifs is 2. The van der Waals surface area contributed by atoms with Crippen LogP contribution in [0.3, 0.4) is 0 Å². The van der Waals surface area contributed by atoms with Crippen LogP contribution in [0.25, 0.3) is 27.5 Å². The fraction of sp³-hybridized carbons (Fsp3) is 0.333. The Hall–Kier alpha value is -3.15. The van der Waals surface area contributed by atoms with Gasteiger partial charge in [-0.1, -0.05) is 13.8 Å². The highest BCUT2D eigenvalue weighted by molar-refractivity contribution is 5.98. The Kier molecular flexibility index (Phi) is 4.38. The number of nitrogens with one attached hydrogen (secondary N) is 1. The average Bonchev–Trinajstić information content (AvgIpc) is 3.39. The Morgan fingerprint density at radius 2 is 2.10 bits per heavy atom. The molecule has 5 nitrogen and oxygen atoms in total. The van der Waals surface area contributed by atoms with Gasteiger partial charge in [0.25, 0.3) is 0 Å². The highest BCUT2D eigenvalue weighted by Crippen LogP contribution is 2.37. The predicted molar refractivity (Wildman–Crippen MR) is 114 cm³/mol. The number of halogens is 1. The summed E-state index contributed by atoms with van der Waals surface area (Å²) in [7, 11) is 0. The molecule has 1 aliphatic rings. The van der Waals surface area contributed by atoms with Crippen LogP contribution in [-0.4, -0.2) is 20.7 Å². The lowest BCUT2D eigenvalue weighted by Crippen LogP contribution is -2.09. The molecule has 30 heavy (non-hydrogen) atoms. The van der Waals surface area contributed by atoms with Crippen LogP contribution in [0.2, 0.25) is 0 Å². The van der Waals surface area contributed by atoms with Gasteiger partial charge in [0.05, 0.1) is 23.1 Å². The summed E-state index contributed by atoms with van der Waals surface area (Å²) in [6, 6.07) is 9.32. The number of carbonyl (C=O) groups is 1. The third-order valence-corrected chi connectivity index (χ3v) is 5.89. The van der Waals surface area contributed by atoms with Gasteiger partial charge in [-0.2, -0.15) is 5.10 Å². The monoisotopic (exact) mass is 405 g/mol. The Morgan fingerprint density at radius 3 is 2.80 bits per heavy atom. The summed E-state index contributed by atoms with van der Waals surface area (Å²) in [4.78, 5) is 12.2. The van der Waals surface area contributed by atoms with Crippen LogP contribution in [0.5, 0.6) is 0 Å². The second kappa shape index (κ2) is 6.97. The van der Waals surface area contributed by atoms with Gasteiger partial charge in [-0.3, -0.25) is 9.89 Å². The quantitative estimate of drug-likeness (QED) is 0.444. The van der Waals surface area contributed by atoms with E-state index in [1.807, 2.05) is 6.07 Å². The summed E-state index contributed by atoms with van der Waals surface area (Å²) < 4.78 is 21.8. The minimum Gasteiger partial charge on any atom is -0.461 e. The second-order valence-electron chi connectivity index (χ2n) is 8.50. The van der Waals surface area contributed by atoms with Crippen molar-refractivity contribution in [2.24, 2.45) is 5.92 Å². The van der Waals surface area contributed by atoms with E-state index in [2.05, 4.69) is 40.7 Å². The summed E-state index contributed by atoms with van der Waals surface area (Å²) in [5.41, 5.74) is 5.48. The van der Waals surface area contributed by atoms with Crippen molar-refractivity contribution < 1.29 is 13.9 Å². The maximum Gasteiger partial charge on any atom is 0.309 e. The predicted octanol–water partition coefficient (Wildman–Crippen LogP) is 5.53. The van der Waals surface area contributed by atoms with E-state index in [9.17, 15) is 9.18 Å². The number of aromatic amines is 1. The lowest BCUT2D eigenvalue weighted by atomic mass is 10.0. The molecule has 1 saturated carbocycles. The van der Waals surface area contributed by atoms with Crippen molar-refractivity contribution in [2.75, 3.05) is 0 Å². The first-order valence-corrected chi connectivity index (χ1v) is 10.4. The van der Waals surface area contributed by atoms with Crippen LogP contribution in [0, 0.1) is 18.7 Å². The van der Waals surface area contributed by atoms with Crippen molar-refractivity contribution >= 4 is 27.8 Å². The largest absolute Gasteiger partial charge is 0.461 e. The van der Waals surface area contributed by atoms with Gasteiger partial charge < -0.3 is 9.30 Å². The average molecular weight is 405 g/mol. The molecule has 4 aromatic rings. The number of nitrogens with zero attached hydrogens (tertiary/aromatic N) is 2. The van der Waals surface area contributed by atoms with Crippen molar-refractivity contribution in [1.82, 2.24) is 14.8 Å². The van der Waals surface area contributed by atoms with E-state index in [-0.39, 0.29) is 30.2 Å². The second-order valence-corrected chi connectivity index (χ2v) is 8.50. The van der Waals surface area contributed by atoms with Gasteiger partial charge in [0.1, 0.15) is 12.4 Å². The third-order valence-electron chi connectivity index (χ3n) is 5.89. The number of benzene rings is 2. The molecule has 2 heterocycles. The van der Waals surface area contributed by atoms with E-state index >= 15 is 0 Å². The van der Waals surface area contributed by atoms with Gasteiger partial charge in [0.2, 0.25) is 0 Å². The molecule has 0 atom stereocenters. The molecule has 0 bridgehead atoms. The van der Waals surface area contributed by atoms with Crippen molar-refractivity contribution in [3.8, 4) is 5.69 Å². The molecule has 154 valence electrons. The maximum atomic E-state index is 14.0. The zero-order valence-corrected chi connectivity index (χ0v) is 17.3. The van der Waals surface area contributed by atoms with Gasteiger partial charge in [-0.25, -0.2) is 4.39 Å². The van der Waals surface area contributed by atoms with Gasteiger partial charge in [0.15, 0.2) is 0 Å². The molecular formula is C24H24FN3O2. The normalized spacial score (nSPS) is 14.2. The maximum absolute atomic E-state index is 14.0. The van der Waals surface area contributed by atoms with Crippen LogP contribution >= 0.6 is 0 Å². The smallest absolute Gasteiger partial charge is 0.309 e. The first-order chi connectivity index (χ1) is 14.4. The van der Waals surface area contributed by atoms with Crippen LogP contribution < -0.4 is 0 Å². The summed E-state index contributed by atoms with van der Waals surface area (Å²) in [6.45, 7) is 6.25. The van der Waals surface area contributed by atoms with Crippen LogP contribution in [0.1, 0.15) is 49.4 Å². The summed E-state index contributed by atoms with van der Waals surface area (Å²) in [5, 5.41) is 9.20.